The molecule has 0 N–H and O–H groups in total. The summed E-state index contributed by atoms with van der Waals surface area (Å²) in [6, 6.07) is 12.4. The molecule has 1 aliphatic rings. The van der Waals surface area contributed by atoms with E-state index in [1.165, 1.54) is 4.90 Å². The monoisotopic (exact) mass is 369 g/mol. The Morgan fingerprint density at radius 1 is 1.04 bits per heavy atom. The molecule has 26 heavy (non-hydrogen) atoms. The maximum absolute atomic E-state index is 12.3. The van der Waals surface area contributed by atoms with E-state index in [1.807, 2.05) is 12.1 Å². The fourth-order valence-electron chi connectivity index (χ4n) is 3.29. The Bertz CT molecular complexity index is 827. The quantitative estimate of drug-likeness (QED) is 0.403. The minimum Gasteiger partial charge on any atom is -0.298 e. The highest BCUT2D eigenvalue weighted by Crippen LogP contribution is 2.26. The summed E-state index contributed by atoms with van der Waals surface area (Å²) in [6.45, 7) is 2.53. The summed E-state index contributed by atoms with van der Waals surface area (Å²) in [7, 11) is 0. The molecule has 0 bridgehead atoms. The summed E-state index contributed by atoms with van der Waals surface area (Å²) >= 11 is 5.97. The summed E-state index contributed by atoms with van der Waals surface area (Å²) in [5.41, 5.74) is 2.56. The number of hydrogen-bond donors (Lipinski definition) is 0. The van der Waals surface area contributed by atoms with Crippen LogP contribution in [-0.4, -0.2) is 29.5 Å². The number of unbranched alkanes of at least 4 members (excludes halogenated alkanes) is 1. The number of halogens is 1. The first kappa shape index (κ1) is 18.3. The molecule has 1 aliphatic heterocycles. The van der Waals surface area contributed by atoms with Crippen molar-refractivity contribution in [1.82, 2.24) is 4.90 Å². The van der Waals surface area contributed by atoms with Gasteiger partial charge in [0.05, 0.1) is 16.1 Å². The molecule has 1 atom stereocenters. The van der Waals surface area contributed by atoms with Crippen molar-refractivity contribution in [2.75, 3.05) is 6.54 Å². The largest absolute Gasteiger partial charge is 0.298 e. The molecule has 0 saturated carbocycles. The highest BCUT2D eigenvalue weighted by atomic mass is 35.5. The van der Waals surface area contributed by atoms with Gasteiger partial charge in [-0.05, 0) is 48.6 Å². The molecule has 0 fully saturated rings. The number of imide groups is 1. The van der Waals surface area contributed by atoms with Gasteiger partial charge in [0.25, 0.3) is 11.8 Å². The maximum Gasteiger partial charge on any atom is 0.261 e. The molecule has 2 aromatic rings. The van der Waals surface area contributed by atoms with Gasteiger partial charge in [-0.15, -0.1) is 0 Å². The van der Waals surface area contributed by atoms with E-state index in [-0.39, 0.29) is 17.7 Å². The third-order valence-corrected chi connectivity index (χ3v) is 5.21. The van der Waals surface area contributed by atoms with E-state index in [4.69, 9.17) is 11.6 Å². The zero-order chi connectivity index (χ0) is 18.7. The standard InChI is InChI=1S/C21H20ClNO3/c1-14(15-9-10-19(22)16(12-15)13-24)6-4-5-11-23-20(25)17-7-2-3-8-18(17)21(23)26/h2-3,7-10,12-14H,4-6,11H2,1H3. The zero-order valence-electron chi connectivity index (χ0n) is 14.6. The number of carbonyl (C=O) groups is 3. The molecule has 4 nitrogen and oxygen atoms in total. The van der Waals surface area contributed by atoms with Gasteiger partial charge in [0.1, 0.15) is 0 Å². The van der Waals surface area contributed by atoms with Gasteiger partial charge in [-0.25, -0.2) is 0 Å². The number of fused-ring (bicyclic) bond motifs is 1. The normalized spacial score (nSPS) is 14.5. The molecule has 0 saturated heterocycles. The molecular weight excluding hydrogens is 350 g/mol. The van der Waals surface area contributed by atoms with Gasteiger partial charge in [0, 0.05) is 12.1 Å². The number of carbonyl (C=O) groups excluding carboxylic acids is 3. The van der Waals surface area contributed by atoms with Crippen molar-refractivity contribution >= 4 is 29.7 Å². The van der Waals surface area contributed by atoms with Crippen LogP contribution < -0.4 is 0 Å². The van der Waals surface area contributed by atoms with Gasteiger partial charge in [-0.1, -0.05) is 43.1 Å². The molecule has 1 unspecified atom stereocenters. The number of amides is 2. The van der Waals surface area contributed by atoms with Crippen molar-refractivity contribution in [3.05, 3.63) is 69.7 Å². The van der Waals surface area contributed by atoms with E-state index in [9.17, 15) is 14.4 Å². The molecule has 2 aromatic carbocycles. The van der Waals surface area contributed by atoms with Crippen LogP contribution in [0.1, 0.15) is 68.7 Å². The van der Waals surface area contributed by atoms with Gasteiger partial charge in [-0.3, -0.25) is 19.3 Å². The molecule has 0 radical (unpaired) electrons. The van der Waals surface area contributed by atoms with Gasteiger partial charge in [0.15, 0.2) is 6.29 Å². The Kier molecular flexibility index (Phi) is 5.52. The lowest BCUT2D eigenvalue weighted by molar-refractivity contribution is 0.0651. The molecular formula is C21H20ClNO3. The van der Waals surface area contributed by atoms with E-state index in [2.05, 4.69) is 6.92 Å². The van der Waals surface area contributed by atoms with Crippen LogP contribution in [0.2, 0.25) is 5.02 Å². The summed E-state index contributed by atoms with van der Waals surface area (Å²) in [4.78, 5) is 37.0. The second-order valence-corrected chi connectivity index (χ2v) is 7.01. The van der Waals surface area contributed by atoms with Gasteiger partial charge in [0.2, 0.25) is 0 Å². The predicted molar refractivity (Wildman–Crippen MR) is 101 cm³/mol. The maximum atomic E-state index is 12.3. The minimum absolute atomic E-state index is 0.202. The zero-order valence-corrected chi connectivity index (χ0v) is 15.3. The van der Waals surface area contributed by atoms with Crippen molar-refractivity contribution in [3.8, 4) is 0 Å². The van der Waals surface area contributed by atoms with E-state index in [0.29, 0.717) is 28.3 Å². The highest BCUT2D eigenvalue weighted by molar-refractivity contribution is 6.32. The number of benzene rings is 2. The fourth-order valence-corrected chi connectivity index (χ4v) is 3.45. The molecule has 0 spiro atoms. The fraction of sp³-hybridized carbons (Fsp3) is 0.286. The molecule has 3 rings (SSSR count). The van der Waals surface area contributed by atoms with Crippen LogP contribution >= 0.6 is 11.6 Å². The van der Waals surface area contributed by atoms with E-state index < -0.39 is 0 Å². The van der Waals surface area contributed by atoms with Crippen LogP contribution in [0.5, 0.6) is 0 Å². The lowest BCUT2D eigenvalue weighted by Gasteiger charge is -2.16. The van der Waals surface area contributed by atoms with Crippen molar-refractivity contribution < 1.29 is 14.4 Å². The minimum atomic E-state index is -0.202. The SMILES string of the molecule is CC(CCCCN1C(=O)c2ccccc2C1=O)c1ccc(Cl)c(C=O)c1. The predicted octanol–water partition coefficient (Wildman–Crippen LogP) is 4.72. The Balaban J connectivity index is 1.53. The number of aldehydes is 1. The third kappa shape index (κ3) is 3.56. The van der Waals surface area contributed by atoms with Crippen molar-refractivity contribution in [3.63, 3.8) is 0 Å². The first-order valence-electron chi connectivity index (χ1n) is 8.72. The molecule has 0 aromatic heterocycles. The molecule has 5 heteroatoms. The van der Waals surface area contributed by atoms with Crippen molar-refractivity contribution in [1.29, 1.82) is 0 Å². The second-order valence-electron chi connectivity index (χ2n) is 6.60. The second kappa shape index (κ2) is 7.83. The Morgan fingerprint density at radius 3 is 2.31 bits per heavy atom. The lowest BCUT2D eigenvalue weighted by atomic mass is 9.94. The average molecular weight is 370 g/mol. The molecule has 1 heterocycles. The Labute approximate surface area is 157 Å². The van der Waals surface area contributed by atoms with Gasteiger partial charge in [-0.2, -0.15) is 0 Å². The topological polar surface area (TPSA) is 54.5 Å². The first-order chi connectivity index (χ1) is 12.5. The lowest BCUT2D eigenvalue weighted by Crippen LogP contribution is -2.30. The number of hydrogen-bond acceptors (Lipinski definition) is 3. The van der Waals surface area contributed by atoms with Crippen molar-refractivity contribution in [2.45, 2.75) is 32.1 Å². The van der Waals surface area contributed by atoms with Gasteiger partial charge < -0.3 is 0 Å². The summed E-state index contributed by atoms with van der Waals surface area (Å²) in [6.07, 6.45) is 3.31. The molecule has 0 aliphatic carbocycles. The average Bonchev–Trinajstić information content (AvgIpc) is 2.90. The summed E-state index contributed by atoms with van der Waals surface area (Å²) in [5, 5.41) is 0.460. The van der Waals surface area contributed by atoms with Crippen LogP contribution in [0.3, 0.4) is 0 Å². The van der Waals surface area contributed by atoms with E-state index >= 15 is 0 Å². The van der Waals surface area contributed by atoms with E-state index in [0.717, 1.165) is 31.1 Å². The smallest absolute Gasteiger partial charge is 0.261 e. The van der Waals surface area contributed by atoms with Crippen LogP contribution in [0, 0.1) is 0 Å². The van der Waals surface area contributed by atoms with Crippen LogP contribution in [-0.2, 0) is 0 Å². The molecule has 2 amide bonds. The summed E-state index contributed by atoms with van der Waals surface area (Å²) < 4.78 is 0. The van der Waals surface area contributed by atoms with Crippen molar-refractivity contribution in [2.24, 2.45) is 0 Å². The van der Waals surface area contributed by atoms with E-state index in [1.54, 1.807) is 30.3 Å². The Morgan fingerprint density at radius 2 is 1.69 bits per heavy atom. The van der Waals surface area contributed by atoms with Crippen LogP contribution in [0.15, 0.2) is 42.5 Å². The number of nitrogens with zero attached hydrogens (tertiary/aromatic N) is 1. The number of rotatable bonds is 7. The van der Waals surface area contributed by atoms with Gasteiger partial charge >= 0.3 is 0 Å². The Hall–Kier alpha value is -2.46. The highest BCUT2D eigenvalue weighted by Gasteiger charge is 2.34. The van der Waals surface area contributed by atoms with Crippen LogP contribution in [0.25, 0.3) is 0 Å². The third-order valence-electron chi connectivity index (χ3n) is 4.86. The summed E-state index contributed by atoms with van der Waals surface area (Å²) in [5.74, 6) is -0.132. The molecule has 134 valence electrons. The van der Waals surface area contributed by atoms with Crippen LogP contribution in [0.4, 0.5) is 0 Å². The first-order valence-corrected chi connectivity index (χ1v) is 9.10.